The van der Waals surface area contributed by atoms with Crippen LogP contribution in [0, 0.1) is 0 Å². The van der Waals surface area contributed by atoms with Crippen LogP contribution in [-0.2, 0) is 32.6 Å². The highest BCUT2D eigenvalue weighted by Crippen LogP contribution is 2.36. The minimum absolute atomic E-state index is 0.528. The maximum Gasteiger partial charge on any atom is 0.161 e. The molecular formula is C45H40N4O4. The fraction of sp³-hybridized carbons (Fsp3) is 0.200. The zero-order valence-electron chi connectivity index (χ0n) is 29.5. The molecule has 0 aliphatic carbocycles. The van der Waals surface area contributed by atoms with Crippen molar-refractivity contribution in [2.75, 3.05) is 46.5 Å². The van der Waals surface area contributed by atoms with Crippen LogP contribution in [0.3, 0.4) is 0 Å². The Hall–Kier alpha value is -6.28. The zero-order valence-corrected chi connectivity index (χ0v) is 29.5. The van der Waals surface area contributed by atoms with Gasteiger partial charge in [0, 0.05) is 71.2 Å². The summed E-state index contributed by atoms with van der Waals surface area (Å²) in [6, 6.07) is 47.2. The van der Waals surface area contributed by atoms with Gasteiger partial charge < -0.3 is 38.5 Å². The van der Waals surface area contributed by atoms with Gasteiger partial charge in [0.2, 0.25) is 0 Å². The maximum atomic E-state index is 6.20. The molecule has 0 fully saturated rings. The molecule has 264 valence electrons. The van der Waals surface area contributed by atoms with E-state index in [1.165, 1.54) is 33.4 Å². The number of hydrogen-bond acceptors (Lipinski definition) is 8. The molecule has 0 radical (unpaired) electrons. The third-order valence-corrected chi connectivity index (χ3v) is 10.7. The van der Waals surface area contributed by atoms with Gasteiger partial charge in [-0.3, -0.25) is 0 Å². The lowest BCUT2D eigenvalue weighted by Gasteiger charge is -2.34. The van der Waals surface area contributed by atoms with Gasteiger partial charge in [-0.15, -0.1) is 0 Å². The monoisotopic (exact) mass is 700 g/mol. The molecule has 6 aromatic rings. The summed E-state index contributed by atoms with van der Waals surface area (Å²) in [5.74, 6) is 3.85. The number of rotatable bonds is 6. The van der Waals surface area contributed by atoms with E-state index in [1.54, 1.807) is 0 Å². The Morgan fingerprint density at radius 1 is 0.340 bits per heavy atom. The Morgan fingerprint density at radius 2 is 0.679 bits per heavy atom. The SMILES string of the molecule is c1ccc2c(c1)CN(c1ccc3c(c1)CN(c1ccc(Cc4ccc(N5COc6ccc(N7COc8ccccc8C7)cc6C5)cc4)cc1)CO3)CO2. The lowest BCUT2D eigenvalue weighted by molar-refractivity contribution is 0.285. The molecular weight excluding hydrogens is 661 g/mol. The topological polar surface area (TPSA) is 49.9 Å². The molecule has 8 heteroatoms. The van der Waals surface area contributed by atoms with Crippen LogP contribution in [0.2, 0.25) is 0 Å². The van der Waals surface area contributed by atoms with E-state index in [-0.39, 0.29) is 0 Å². The Bertz CT molecular complexity index is 2110. The molecule has 6 aromatic carbocycles. The third kappa shape index (κ3) is 6.31. The molecule has 0 aromatic heterocycles. The second-order valence-electron chi connectivity index (χ2n) is 14.2. The normalized spacial score (nSPS) is 15.8. The summed E-state index contributed by atoms with van der Waals surface area (Å²) in [6.45, 7) is 5.39. The van der Waals surface area contributed by atoms with Crippen LogP contribution in [0.1, 0.15) is 33.4 Å². The number of para-hydroxylation sites is 2. The Kier molecular flexibility index (Phi) is 7.93. The van der Waals surface area contributed by atoms with E-state index in [0.717, 1.165) is 78.3 Å². The lowest BCUT2D eigenvalue weighted by Crippen LogP contribution is -2.33. The molecule has 0 atom stereocenters. The van der Waals surface area contributed by atoms with Crippen LogP contribution < -0.4 is 38.5 Å². The zero-order chi connectivity index (χ0) is 35.1. The summed E-state index contributed by atoms with van der Waals surface area (Å²) in [6.07, 6.45) is 0.869. The molecule has 4 aliphatic heterocycles. The fourth-order valence-electron chi connectivity index (χ4n) is 7.75. The van der Waals surface area contributed by atoms with Gasteiger partial charge in [-0.1, -0.05) is 60.7 Å². The van der Waals surface area contributed by atoms with Crippen LogP contribution in [0.4, 0.5) is 22.7 Å². The summed E-state index contributed by atoms with van der Waals surface area (Å²) in [4.78, 5) is 9.11. The second kappa shape index (κ2) is 13.4. The molecule has 10 rings (SSSR count). The molecule has 0 spiro atoms. The van der Waals surface area contributed by atoms with Crippen molar-refractivity contribution < 1.29 is 18.9 Å². The first kappa shape index (κ1) is 31.5. The molecule has 4 aliphatic rings. The standard InChI is InChI=1S/C45H40N4O4/c1-3-7-42-34(5-1)24-48(30-50-42)40-17-19-44-36(22-40)26-46(28-52-44)38-13-9-32(10-14-38)21-33-11-15-39(16-12-33)47-27-37-23-41(18-20-45(37)53-29-47)49-25-35-6-2-4-8-43(35)51-31-49/h1-20,22-23H,21,24-31H2. The maximum absolute atomic E-state index is 6.20. The molecule has 0 unspecified atom stereocenters. The van der Waals surface area contributed by atoms with Gasteiger partial charge in [-0.2, -0.15) is 0 Å². The van der Waals surface area contributed by atoms with Gasteiger partial charge in [0.1, 0.15) is 23.0 Å². The largest absolute Gasteiger partial charge is 0.473 e. The number of benzene rings is 6. The molecule has 0 bridgehead atoms. The molecule has 4 heterocycles. The van der Waals surface area contributed by atoms with Crippen molar-refractivity contribution >= 4 is 22.7 Å². The second-order valence-corrected chi connectivity index (χ2v) is 14.2. The van der Waals surface area contributed by atoms with Crippen molar-refractivity contribution in [3.63, 3.8) is 0 Å². The predicted octanol–water partition coefficient (Wildman–Crippen LogP) is 8.70. The molecule has 0 saturated carbocycles. The van der Waals surface area contributed by atoms with E-state index in [0.29, 0.717) is 26.9 Å². The van der Waals surface area contributed by atoms with Crippen LogP contribution in [0.25, 0.3) is 0 Å². The molecule has 0 saturated heterocycles. The van der Waals surface area contributed by atoms with Crippen molar-refractivity contribution in [3.05, 3.63) is 167 Å². The highest BCUT2D eigenvalue weighted by Gasteiger charge is 2.24. The van der Waals surface area contributed by atoms with E-state index in [9.17, 15) is 0 Å². The molecule has 53 heavy (non-hydrogen) atoms. The number of ether oxygens (including phenoxy) is 4. The summed E-state index contributed by atoms with van der Waals surface area (Å²) in [7, 11) is 0. The number of fused-ring (bicyclic) bond motifs is 4. The smallest absolute Gasteiger partial charge is 0.161 e. The summed E-state index contributed by atoms with van der Waals surface area (Å²) in [5.41, 5.74) is 11.9. The van der Waals surface area contributed by atoms with Crippen LogP contribution in [-0.4, -0.2) is 26.9 Å². The van der Waals surface area contributed by atoms with Crippen molar-refractivity contribution in [2.45, 2.75) is 32.6 Å². The average Bonchev–Trinajstić information content (AvgIpc) is 3.23. The highest BCUT2D eigenvalue weighted by atomic mass is 16.5. The third-order valence-electron chi connectivity index (χ3n) is 10.7. The Balaban J connectivity index is 0.766. The number of nitrogens with zero attached hydrogens (tertiary/aromatic N) is 4. The van der Waals surface area contributed by atoms with Crippen LogP contribution in [0.15, 0.2) is 133 Å². The van der Waals surface area contributed by atoms with Gasteiger partial charge >= 0.3 is 0 Å². The van der Waals surface area contributed by atoms with Gasteiger partial charge in [0.05, 0.1) is 0 Å². The predicted molar refractivity (Wildman–Crippen MR) is 208 cm³/mol. The van der Waals surface area contributed by atoms with E-state index in [1.807, 2.05) is 24.3 Å². The van der Waals surface area contributed by atoms with Gasteiger partial charge in [-0.05, 0) is 90.3 Å². The Morgan fingerprint density at radius 3 is 1.11 bits per heavy atom. The van der Waals surface area contributed by atoms with Crippen molar-refractivity contribution in [3.8, 4) is 23.0 Å². The first-order valence-corrected chi connectivity index (χ1v) is 18.3. The minimum atomic E-state index is 0.528. The van der Waals surface area contributed by atoms with E-state index in [4.69, 9.17) is 18.9 Å². The summed E-state index contributed by atoms with van der Waals surface area (Å²) in [5, 5.41) is 0. The minimum Gasteiger partial charge on any atom is -0.473 e. The van der Waals surface area contributed by atoms with Crippen molar-refractivity contribution in [1.82, 2.24) is 0 Å². The Labute approximate surface area is 309 Å². The van der Waals surface area contributed by atoms with Gasteiger partial charge in [-0.25, -0.2) is 0 Å². The number of hydrogen-bond donors (Lipinski definition) is 0. The molecule has 8 nitrogen and oxygen atoms in total. The molecule has 0 amide bonds. The first-order chi connectivity index (χ1) is 26.2. The van der Waals surface area contributed by atoms with Crippen LogP contribution >= 0.6 is 0 Å². The van der Waals surface area contributed by atoms with E-state index >= 15 is 0 Å². The summed E-state index contributed by atoms with van der Waals surface area (Å²) < 4.78 is 24.4. The quantitative estimate of drug-likeness (QED) is 0.171. The van der Waals surface area contributed by atoms with E-state index in [2.05, 4.69) is 129 Å². The van der Waals surface area contributed by atoms with Gasteiger partial charge in [0.25, 0.3) is 0 Å². The summed E-state index contributed by atoms with van der Waals surface area (Å²) >= 11 is 0. The van der Waals surface area contributed by atoms with E-state index < -0.39 is 0 Å². The van der Waals surface area contributed by atoms with Crippen molar-refractivity contribution in [1.29, 1.82) is 0 Å². The van der Waals surface area contributed by atoms with Crippen LogP contribution in [0.5, 0.6) is 23.0 Å². The highest BCUT2D eigenvalue weighted by molar-refractivity contribution is 5.60. The first-order valence-electron chi connectivity index (χ1n) is 18.3. The lowest BCUT2D eigenvalue weighted by atomic mass is 10.0. The molecule has 0 N–H and O–H groups in total. The van der Waals surface area contributed by atoms with Crippen molar-refractivity contribution in [2.24, 2.45) is 0 Å². The van der Waals surface area contributed by atoms with Gasteiger partial charge in [0.15, 0.2) is 26.9 Å². The fourth-order valence-corrected chi connectivity index (χ4v) is 7.75. The number of anilines is 4. The average molecular weight is 701 g/mol.